The molecule has 2 heterocycles. The second-order valence-corrected chi connectivity index (χ2v) is 6.72. The highest BCUT2D eigenvalue weighted by atomic mass is 35.5. The third-order valence-electron chi connectivity index (χ3n) is 4.36. The fourth-order valence-corrected chi connectivity index (χ4v) is 3.47. The van der Waals surface area contributed by atoms with Crippen molar-refractivity contribution in [3.63, 3.8) is 0 Å². The number of piperidine rings is 1. The van der Waals surface area contributed by atoms with E-state index in [9.17, 15) is 4.79 Å². The van der Waals surface area contributed by atoms with Crippen LogP contribution < -0.4 is 5.32 Å². The van der Waals surface area contributed by atoms with Gasteiger partial charge in [-0.3, -0.25) is 9.69 Å². The number of nitrogens with one attached hydrogen (secondary N) is 1. The monoisotopic (exact) mass is 366 g/mol. The second-order valence-electron chi connectivity index (χ2n) is 5.94. The van der Waals surface area contributed by atoms with Crippen LogP contribution in [0.5, 0.6) is 0 Å². The molecule has 6 heteroatoms. The lowest BCUT2D eigenvalue weighted by molar-refractivity contribution is 0.0914. The number of nitrogens with zero attached hydrogens (tertiary/aromatic N) is 1. The van der Waals surface area contributed by atoms with Gasteiger partial charge in [0.1, 0.15) is 5.76 Å². The van der Waals surface area contributed by atoms with Gasteiger partial charge in [-0.1, -0.05) is 35.7 Å². The van der Waals surface area contributed by atoms with Crippen molar-refractivity contribution in [3.05, 3.63) is 58.0 Å². The van der Waals surface area contributed by atoms with E-state index in [-0.39, 0.29) is 17.0 Å². The Morgan fingerprint density at radius 2 is 1.96 bits per heavy atom. The fraction of sp³-hybridized carbons (Fsp3) is 0.389. The third kappa shape index (κ3) is 3.94. The highest BCUT2D eigenvalue weighted by Gasteiger charge is 2.25. The third-order valence-corrected chi connectivity index (χ3v) is 5.17. The minimum atomic E-state index is -0.226. The molecule has 1 aliphatic rings. The van der Waals surface area contributed by atoms with Crippen molar-refractivity contribution in [2.45, 2.75) is 25.3 Å². The van der Waals surface area contributed by atoms with E-state index in [0.29, 0.717) is 17.1 Å². The maximum Gasteiger partial charge on any atom is 0.252 e. The van der Waals surface area contributed by atoms with Crippen LogP contribution >= 0.6 is 23.2 Å². The van der Waals surface area contributed by atoms with Crippen molar-refractivity contribution >= 4 is 29.1 Å². The molecule has 1 atom stereocenters. The minimum Gasteiger partial charge on any atom is -0.468 e. The second kappa shape index (κ2) is 8.06. The Morgan fingerprint density at radius 3 is 2.67 bits per heavy atom. The Labute approximate surface area is 151 Å². The Kier molecular flexibility index (Phi) is 5.82. The molecule has 4 nitrogen and oxygen atoms in total. The maximum atomic E-state index is 12.5. The number of amides is 1. The summed E-state index contributed by atoms with van der Waals surface area (Å²) >= 11 is 12.1. The number of halogens is 2. The molecule has 24 heavy (non-hydrogen) atoms. The van der Waals surface area contributed by atoms with Gasteiger partial charge >= 0.3 is 0 Å². The standard InChI is InChI=1S/C18H20Cl2N2O2/c19-14-7-4-6-13(17(14)20)18(23)21-12-15(16-8-5-11-24-16)22-9-2-1-3-10-22/h4-8,11,15H,1-3,9-10,12H2,(H,21,23)/t15-/m0/s1. The van der Waals surface area contributed by atoms with Crippen molar-refractivity contribution in [1.29, 1.82) is 0 Å². The molecule has 0 radical (unpaired) electrons. The molecule has 2 aromatic rings. The molecule has 1 N–H and O–H groups in total. The zero-order valence-corrected chi connectivity index (χ0v) is 14.8. The Morgan fingerprint density at radius 1 is 1.17 bits per heavy atom. The van der Waals surface area contributed by atoms with Crippen LogP contribution in [0.15, 0.2) is 41.0 Å². The fourth-order valence-electron chi connectivity index (χ4n) is 3.08. The smallest absolute Gasteiger partial charge is 0.252 e. The van der Waals surface area contributed by atoms with Crippen LogP contribution in [0.2, 0.25) is 10.0 Å². The molecule has 1 aromatic carbocycles. The summed E-state index contributed by atoms with van der Waals surface area (Å²) in [6.45, 7) is 2.49. The van der Waals surface area contributed by atoms with Gasteiger partial charge in [-0.05, 0) is 50.2 Å². The van der Waals surface area contributed by atoms with Crippen LogP contribution in [-0.4, -0.2) is 30.4 Å². The number of likely N-dealkylation sites (tertiary alicyclic amines) is 1. The van der Waals surface area contributed by atoms with Crippen molar-refractivity contribution < 1.29 is 9.21 Å². The van der Waals surface area contributed by atoms with E-state index in [0.717, 1.165) is 18.8 Å². The quantitative estimate of drug-likeness (QED) is 0.844. The summed E-state index contributed by atoms with van der Waals surface area (Å²) in [6.07, 6.45) is 5.27. The summed E-state index contributed by atoms with van der Waals surface area (Å²) in [5, 5.41) is 3.63. The van der Waals surface area contributed by atoms with Crippen LogP contribution in [0.25, 0.3) is 0 Å². The minimum absolute atomic E-state index is 0.0298. The molecular weight excluding hydrogens is 347 g/mol. The number of hydrogen-bond donors (Lipinski definition) is 1. The molecule has 1 aliphatic heterocycles. The van der Waals surface area contributed by atoms with E-state index >= 15 is 0 Å². The van der Waals surface area contributed by atoms with Gasteiger partial charge in [0, 0.05) is 6.54 Å². The van der Waals surface area contributed by atoms with Crippen LogP contribution in [0.3, 0.4) is 0 Å². The molecule has 1 saturated heterocycles. The summed E-state index contributed by atoms with van der Waals surface area (Å²) in [5.41, 5.74) is 0.390. The van der Waals surface area contributed by atoms with E-state index < -0.39 is 0 Å². The van der Waals surface area contributed by atoms with E-state index in [1.807, 2.05) is 12.1 Å². The number of benzene rings is 1. The van der Waals surface area contributed by atoms with Crippen LogP contribution in [0.4, 0.5) is 0 Å². The van der Waals surface area contributed by atoms with Crippen LogP contribution in [-0.2, 0) is 0 Å². The molecule has 0 saturated carbocycles. The number of furan rings is 1. The molecule has 0 aliphatic carbocycles. The molecule has 0 spiro atoms. The summed E-state index contributed by atoms with van der Waals surface area (Å²) in [6, 6.07) is 8.92. The number of hydrogen-bond acceptors (Lipinski definition) is 3. The lowest BCUT2D eigenvalue weighted by Gasteiger charge is -2.33. The van der Waals surface area contributed by atoms with E-state index in [1.165, 1.54) is 19.3 Å². The van der Waals surface area contributed by atoms with E-state index in [2.05, 4.69) is 10.2 Å². The first-order valence-corrected chi connectivity index (χ1v) is 8.92. The van der Waals surface area contributed by atoms with Gasteiger partial charge in [0.15, 0.2) is 0 Å². The topological polar surface area (TPSA) is 45.5 Å². The van der Waals surface area contributed by atoms with E-state index in [1.54, 1.807) is 24.5 Å². The van der Waals surface area contributed by atoms with Gasteiger partial charge in [0.05, 0.1) is 27.9 Å². The molecule has 1 amide bonds. The highest BCUT2D eigenvalue weighted by molar-refractivity contribution is 6.43. The highest BCUT2D eigenvalue weighted by Crippen LogP contribution is 2.27. The predicted molar refractivity (Wildman–Crippen MR) is 95.7 cm³/mol. The Bertz CT molecular complexity index is 682. The van der Waals surface area contributed by atoms with Gasteiger partial charge in [-0.2, -0.15) is 0 Å². The summed E-state index contributed by atoms with van der Waals surface area (Å²) < 4.78 is 5.59. The van der Waals surface area contributed by atoms with Crippen molar-refractivity contribution in [2.24, 2.45) is 0 Å². The van der Waals surface area contributed by atoms with Gasteiger partial charge in [0.25, 0.3) is 5.91 Å². The molecule has 1 aromatic heterocycles. The zero-order valence-electron chi connectivity index (χ0n) is 13.3. The first-order chi connectivity index (χ1) is 11.7. The number of rotatable bonds is 5. The summed E-state index contributed by atoms with van der Waals surface area (Å²) in [5.74, 6) is 0.644. The molecule has 0 unspecified atom stereocenters. The van der Waals surface area contributed by atoms with Gasteiger partial charge in [-0.25, -0.2) is 0 Å². The summed E-state index contributed by atoms with van der Waals surface area (Å²) in [4.78, 5) is 14.8. The predicted octanol–water partition coefficient (Wildman–Crippen LogP) is 4.54. The largest absolute Gasteiger partial charge is 0.468 e. The first-order valence-electron chi connectivity index (χ1n) is 8.16. The average molecular weight is 367 g/mol. The summed E-state index contributed by atoms with van der Waals surface area (Å²) in [7, 11) is 0. The Hall–Kier alpha value is -1.49. The lowest BCUT2D eigenvalue weighted by Crippen LogP contribution is -2.40. The molecule has 3 rings (SSSR count). The Balaban J connectivity index is 1.71. The van der Waals surface area contributed by atoms with Crippen LogP contribution in [0, 0.1) is 0 Å². The van der Waals surface area contributed by atoms with Crippen molar-refractivity contribution in [1.82, 2.24) is 10.2 Å². The van der Waals surface area contributed by atoms with Gasteiger partial charge in [0.2, 0.25) is 0 Å². The van der Waals surface area contributed by atoms with Gasteiger partial charge in [-0.15, -0.1) is 0 Å². The van der Waals surface area contributed by atoms with Crippen LogP contribution in [0.1, 0.15) is 41.4 Å². The van der Waals surface area contributed by atoms with Crippen molar-refractivity contribution in [3.8, 4) is 0 Å². The molecule has 1 fully saturated rings. The zero-order chi connectivity index (χ0) is 16.9. The van der Waals surface area contributed by atoms with Gasteiger partial charge < -0.3 is 9.73 Å². The number of carbonyl (C=O) groups is 1. The first kappa shape index (κ1) is 17.3. The number of carbonyl (C=O) groups excluding carboxylic acids is 1. The van der Waals surface area contributed by atoms with Crippen molar-refractivity contribution in [2.75, 3.05) is 19.6 Å². The normalized spacial score (nSPS) is 16.8. The average Bonchev–Trinajstić information content (AvgIpc) is 3.12. The molecular formula is C18H20Cl2N2O2. The maximum absolute atomic E-state index is 12.5. The van der Waals surface area contributed by atoms with E-state index in [4.69, 9.17) is 27.6 Å². The SMILES string of the molecule is O=C(NC[C@@H](c1ccco1)N1CCCCC1)c1cccc(Cl)c1Cl. The molecule has 0 bridgehead atoms. The molecule has 128 valence electrons. The lowest BCUT2D eigenvalue weighted by atomic mass is 10.1.